The molecule has 1 aromatic heterocycles. The van der Waals surface area contributed by atoms with E-state index in [1.807, 2.05) is 62.4 Å². The predicted molar refractivity (Wildman–Crippen MR) is 110 cm³/mol. The van der Waals surface area contributed by atoms with Gasteiger partial charge in [-0.15, -0.1) is 0 Å². The van der Waals surface area contributed by atoms with Gasteiger partial charge in [0, 0.05) is 10.6 Å². The number of carbonyl (C=O) groups is 1. The highest BCUT2D eigenvalue weighted by molar-refractivity contribution is 9.10. The molecule has 2 aromatic carbocycles. The molecule has 3 aromatic rings. The first kappa shape index (κ1) is 19.5. The number of hydrogen-bond donors (Lipinski definition) is 1. The monoisotopic (exact) mass is 447 g/mol. The van der Waals surface area contributed by atoms with Gasteiger partial charge in [-0.25, -0.2) is 0 Å². The number of aryl methyl sites for hydroxylation is 2. The maximum absolute atomic E-state index is 12.1. The molecule has 0 spiro atoms. The summed E-state index contributed by atoms with van der Waals surface area (Å²) in [4.78, 5) is 12.1. The van der Waals surface area contributed by atoms with E-state index >= 15 is 0 Å². The van der Waals surface area contributed by atoms with Crippen molar-refractivity contribution < 1.29 is 13.9 Å². The van der Waals surface area contributed by atoms with E-state index < -0.39 is 0 Å². The molecule has 0 saturated heterocycles. The molecular weight excluding hydrogens is 430 g/mol. The van der Waals surface area contributed by atoms with Crippen molar-refractivity contribution in [2.45, 2.75) is 20.4 Å². The van der Waals surface area contributed by atoms with Gasteiger partial charge in [0.15, 0.2) is 6.61 Å². The number of amides is 1. The second-order valence-corrected chi connectivity index (χ2v) is 7.52. The van der Waals surface area contributed by atoms with Crippen LogP contribution < -0.4 is 10.1 Å². The lowest BCUT2D eigenvalue weighted by atomic mass is 10.1. The summed E-state index contributed by atoms with van der Waals surface area (Å²) < 4.78 is 12.3. The maximum Gasteiger partial charge on any atom is 0.258 e. The molecule has 0 unspecified atom stereocenters. The second kappa shape index (κ2) is 8.63. The van der Waals surface area contributed by atoms with Crippen LogP contribution in [0.15, 0.2) is 57.4 Å². The number of halogens is 2. The van der Waals surface area contributed by atoms with E-state index in [0.717, 1.165) is 26.9 Å². The molecule has 0 atom stereocenters. The summed E-state index contributed by atoms with van der Waals surface area (Å²) in [6.45, 7) is 4.19. The Morgan fingerprint density at radius 3 is 2.59 bits per heavy atom. The molecule has 0 fully saturated rings. The average Bonchev–Trinajstić information content (AvgIpc) is 3.08. The van der Waals surface area contributed by atoms with Crippen LogP contribution in [0.2, 0.25) is 5.02 Å². The minimum atomic E-state index is -0.216. The first-order valence-electron chi connectivity index (χ1n) is 8.43. The number of rotatable bonds is 6. The van der Waals surface area contributed by atoms with Crippen LogP contribution in [0.4, 0.5) is 0 Å². The third-order valence-corrected chi connectivity index (χ3v) is 4.81. The minimum Gasteiger partial charge on any atom is -0.482 e. The summed E-state index contributed by atoms with van der Waals surface area (Å²) in [7, 11) is 0. The Morgan fingerprint density at radius 2 is 1.89 bits per heavy atom. The van der Waals surface area contributed by atoms with Gasteiger partial charge >= 0.3 is 0 Å². The molecule has 0 bridgehead atoms. The summed E-state index contributed by atoms with van der Waals surface area (Å²) in [5.74, 6) is 1.86. The average molecular weight is 449 g/mol. The predicted octanol–water partition coefficient (Wildman–Crippen LogP) is 5.67. The van der Waals surface area contributed by atoms with E-state index in [2.05, 4.69) is 21.2 Å². The molecule has 0 aliphatic rings. The summed E-state index contributed by atoms with van der Waals surface area (Å²) in [6, 6.07) is 15.1. The first-order chi connectivity index (χ1) is 12.9. The van der Waals surface area contributed by atoms with Crippen LogP contribution in [0.1, 0.15) is 16.9 Å². The van der Waals surface area contributed by atoms with Crippen molar-refractivity contribution in [1.29, 1.82) is 0 Å². The molecule has 3 rings (SSSR count). The Labute approximate surface area is 171 Å². The Bertz CT molecular complexity index is 927. The zero-order valence-electron chi connectivity index (χ0n) is 15.0. The fraction of sp³-hybridized carbons (Fsp3) is 0.190. The molecule has 1 amide bonds. The lowest BCUT2D eigenvalue weighted by Gasteiger charge is -2.12. The van der Waals surface area contributed by atoms with Gasteiger partial charge in [0.05, 0.1) is 11.0 Å². The topological polar surface area (TPSA) is 51.5 Å². The van der Waals surface area contributed by atoms with Gasteiger partial charge in [-0.2, -0.15) is 0 Å². The SMILES string of the molecule is Cc1cc(C)c(OCC(=O)NCc2ccc(-c3ccc(Cl)cc3)o2)c(Br)c1. The van der Waals surface area contributed by atoms with Crippen molar-refractivity contribution in [1.82, 2.24) is 5.32 Å². The van der Waals surface area contributed by atoms with E-state index in [0.29, 0.717) is 23.1 Å². The second-order valence-electron chi connectivity index (χ2n) is 6.23. The van der Waals surface area contributed by atoms with E-state index in [1.165, 1.54) is 0 Å². The molecule has 0 radical (unpaired) electrons. The molecule has 140 valence electrons. The van der Waals surface area contributed by atoms with Crippen LogP contribution in [0.5, 0.6) is 5.75 Å². The van der Waals surface area contributed by atoms with E-state index in [-0.39, 0.29) is 12.5 Å². The van der Waals surface area contributed by atoms with E-state index in [4.69, 9.17) is 20.8 Å². The van der Waals surface area contributed by atoms with Crippen LogP contribution in [0.25, 0.3) is 11.3 Å². The molecule has 1 N–H and O–H groups in total. The lowest BCUT2D eigenvalue weighted by Crippen LogP contribution is -2.28. The highest BCUT2D eigenvalue weighted by Gasteiger charge is 2.10. The van der Waals surface area contributed by atoms with Crippen LogP contribution in [-0.2, 0) is 11.3 Å². The number of nitrogens with one attached hydrogen (secondary N) is 1. The maximum atomic E-state index is 12.1. The van der Waals surface area contributed by atoms with Gasteiger partial charge in [0.2, 0.25) is 0 Å². The Morgan fingerprint density at radius 1 is 1.15 bits per heavy atom. The van der Waals surface area contributed by atoms with Crippen molar-refractivity contribution in [2.75, 3.05) is 6.61 Å². The number of hydrogen-bond acceptors (Lipinski definition) is 3. The highest BCUT2D eigenvalue weighted by atomic mass is 79.9. The normalized spacial score (nSPS) is 10.7. The molecule has 4 nitrogen and oxygen atoms in total. The largest absolute Gasteiger partial charge is 0.482 e. The van der Waals surface area contributed by atoms with Gasteiger partial charge in [-0.1, -0.05) is 17.7 Å². The van der Waals surface area contributed by atoms with Crippen LogP contribution in [0, 0.1) is 13.8 Å². The zero-order chi connectivity index (χ0) is 19.4. The van der Waals surface area contributed by atoms with Gasteiger partial charge in [0.1, 0.15) is 17.3 Å². The summed E-state index contributed by atoms with van der Waals surface area (Å²) in [5, 5.41) is 3.47. The third-order valence-electron chi connectivity index (χ3n) is 3.97. The Kier molecular flexibility index (Phi) is 6.24. The number of furan rings is 1. The molecule has 0 aliphatic carbocycles. The van der Waals surface area contributed by atoms with Gasteiger partial charge in [-0.05, 0) is 83.4 Å². The van der Waals surface area contributed by atoms with E-state index in [9.17, 15) is 4.79 Å². The van der Waals surface area contributed by atoms with Crippen molar-refractivity contribution in [3.8, 4) is 17.1 Å². The van der Waals surface area contributed by atoms with Crippen molar-refractivity contribution in [3.05, 3.63) is 74.9 Å². The standard InChI is InChI=1S/C21H19BrClNO3/c1-13-9-14(2)21(18(22)10-13)26-12-20(25)24-11-17-7-8-19(27-17)15-3-5-16(23)6-4-15/h3-10H,11-12H2,1-2H3,(H,24,25). The zero-order valence-corrected chi connectivity index (χ0v) is 17.4. The molecule has 6 heteroatoms. The van der Waals surface area contributed by atoms with Crippen LogP contribution in [-0.4, -0.2) is 12.5 Å². The van der Waals surface area contributed by atoms with Gasteiger partial charge in [-0.3, -0.25) is 4.79 Å². The molecule has 0 aliphatic heterocycles. The molecule has 27 heavy (non-hydrogen) atoms. The van der Waals surface area contributed by atoms with Gasteiger partial charge in [0.25, 0.3) is 5.91 Å². The van der Waals surface area contributed by atoms with Crippen molar-refractivity contribution >= 4 is 33.4 Å². The number of benzene rings is 2. The fourth-order valence-electron chi connectivity index (χ4n) is 2.70. The van der Waals surface area contributed by atoms with Crippen LogP contribution >= 0.6 is 27.5 Å². The van der Waals surface area contributed by atoms with Crippen molar-refractivity contribution in [3.63, 3.8) is 0 Å². The molecular formula is C21H19BrClNO3. The number of ether oxygens (including phenoxy) is 1. The summed E-state index contributed by atoms with van der Waals surface area (Å²) in [6.07, 6.45) is 0. The summed E-state index contributed by atoms with van der Waals surface area (Å²) >= 11 is 9.37. The van der Waals surface area contributed by atoms with Gasteiger partial charge < -0.3 is 14.5 Å². The molecule has 0 saturated carbocycles. The quantitative estimate of drug-likeness (QED) is 0.528. The lowest BCUT2D eigenvalue weighted by molar-refractivity contribution is -0.123. The Balaban J connectivity index is 1.53. The smallest absolute Gasteiger partial charge is 0.258 e. The van der Waals surface area contributed by atoms with E-state index in [1.54, 1.807) is 0 Å². The third kappa shape index (κ3) is 5.15. The molecule has 1 heterocycles. The summed E-state index contributed by atoms with van der Waals surface area (Å²) in [5.41, 5.74) is 3.04. The number of carbonyl (C=O) groups excluding carboxylic acids is 1. The van der Waals surface area contributed by atoms with Crippen molar-refractivity contribution in [2.24, 2.45) is 0 Å². The van der Waals surface area contributed by atoms with Crippen LogP contribution in [0.3, 0.4) is 0 Å². The Hall–Kier alpha value is -2.24. The fourth-order valence-corrected chi connectivity index (χ4v) is 3.62. The first-order valence-corrected chi connectivity index (χ1v) is 9.60. The highest BCUT2D eigenvalue weighted by Crippen LogP contribution is 2.30. The minimum absolute atomic E-state index is 0.0623.